The first-order valence-electron chi connectivity index (χ1n) is 4.69. The lowest BCUT2D eigenvalue weighted by atomic mass is 10.2. The molecule has 6 heteroatoms. The summed E-state index contributed by atoms with van der Waals surface area (Å²) in [5.41, 5.74) is 0. The summed E-state index contributed by atoms with van der Waals surface area (Å²) >= 11 is 4.97. The van der Waals surface area contributed by atoms with Crippen molar-refractivity contribution >= 4 is 37.1 Å². The van der Waals surface area contributed by atoms with Gasteiger partial charge in [0, 0.05) is 11.4 Å². The molecule has 3 nitrogen and oxygen atoms in total. The fourth-order valence-electron chi connectivity index (χ4n) is 1.59. The summed E-state index contributed by atoms with van der Waals surface area (Å²) in [6.07, 6.45) is 0. The van der Waals surface area contributed by atoms with Gasteiger partial charge < -0.3 is 5.32 Å². The molecule has 0 bridgehead atoms. The number of nitrogens with one attached hydrogen (secondary N) is 1. The standard InChI is InChI=1S/C9H12BrNO2S2/c1-6-4-11-7(5-15(6,12)13)8-2-3-9(10)14-8/h2-3,6-7,11H,4-5H2,1H3. The second-order valence-electron chi connectivity index (χ2n) is 3.74. The SMILES string of the molecule is CC1CNC(c2ccc(Br)s2)CS1(=O)=O. The summed E-state index contributed by atoms with van der Waals surface area (Å²) < 4.78 is 24.5. The lowest BCUT2D eigenvalue weighted by molar-refractivity contribution is 0.506. The van der Waals surface area contributed by atoms with Gasteiger partial charge in [-0.25, -0.2) is 8.42 Å². The van der Waals surface area contributed by atoms with Gasteiger partial charge in [0.15, 0.2) is 9.84 Å². The predicted molar refractivity (Wildman–Crippen MR) is 66.0 cm³/mol. The maximum absolute atomic E-state index is 11.7. The van der Waals surface area contributed by atoms with E-state index in [1.165, 1.54) is 0 Å². The molecule has 1 saturated heterocycles. The van der Waals surface area contributed by atoms with E-state index in [4.69, 9.17) is 0 Å². The first-order chi connectivity index (χ1) is 6.99. The van der Waals surface area contributed by atoms with Crippen molar-refractivity contribution < 1.29 is 8.42 Å². The molecule has 1 aromatic heterocycles. The maximum Gasteiger partial charge on any atom is 0.156 e. The zero-order chi connectivity index (χ0) is 11.1. The van der Waals surface area contributed by atoms with Crippen molar-refractivity contribution in [1.82, 2.24) is 5.32 Å². The average molecular weight is 310 g/mol. The van der Waals surface area contributed by atoms with Gasteiger partial charge in [-0.1, -0.05) is 0 Å². The fraction of sp³-hybridized carbons (Fsp3) is 0.556. The van der Waals surface area contributed by atoms with Gasteiger partial charge >= 0.3 is 0 Å². The van der Waals surface area contributed by atoms with E-state index in [-0.39, 0.29) is 17.0 Å². The van der Waals surface area contributed by atoms with Gasteiger partial charge in [-0.15, -0.1) is 11.3 Å². The van der Waals surface area contributed by atoms with E-state index >= 15 is 0 Å². The van der Waals surface area contributed by atoms with Crippen LogP contribution >= 0.6 is 27.3 Å². The van der Waals surface area contributed by atoms with Crippen LogP contribution in [0.4, 0.5) is 0 Å². The van der Waals surface area contributed by atoms with Crippen molar-refractivity contribution in [2.45, 2.75) is 18.2 Å². The summed E-state index contributed by atoms with van der Waals surface area (Å²) in [4.78, 5) is 1.08. The molecule has 2 rings (SSSR count). The average Bonchev–Trinajstić information content (AvgIpc) is 2.57. The van der Waals surface area contributed by atoms with Gasteiger partial charge in [-0.3, -0.25) is 0 Å². The van der Waals surface area contributed by atoms with Crippen LogP contribution in [0.5, 0.6) is 0 Å². The third-order valence-corrected chi connectivity index (χ3v) is 6.53. The Bertz CT molecular complexity index is 454. The van der Waals surface area contributed by atoms with E-state index < -0.39 is 9.84 Å². The van der Waals surface area contributed by atoms with Crippen LogP contribution in [0.2, 0.25) is 0 Å². The topological polar surface area (TPSA) is 46.2 Å². The Morgan fingerprint density at radius 3 is 2.80 bits per heavy atom. The van der Waals surface area contributed by atoms with Crippen molar-refractivity contribution in [2.24, 2.45) is 0 Å². The van der Waals surface area contributed by atoms with Crippen LogP contribution in [-0.2, 0) is 9.84 Å². The van der Waals surface area contributed by atoms with Crippen molar-refractivity contribution in [3.05, 3.63) is 20.8 Å². The molecule has 0 radical (unpaired) electrons. The van der Waals surface area contributed by atoms with Crippen LogP contribution in [0.3, 0.4) is 0 Å². The first kappa shape index (κ1) is 11.6. The molecule has 1 aliphatic heterocycles. The molecule has 1 aliphatic rings. The predicted octanol–water partition coefficient (Wildman–Crippen LogP) is 1.96. The van der Waals surface area contributed by atoms with Crippen molar-refractivity contribution in [2.75, 3.05) is 12.3 Å². The molecule has 2 heterocycles. The van der Waals surface area contributed by atoms with Crippen LogP contribution in [-0.4, -0.2) is 26.0 Å². The van der Waals surface area contributed by atoms with E-state index in [9.17, 15) is 8.42 Å². The first-order valence-corrected chi connectivity index (χ1v) is 8.02. The zero-order valence-electron chi connectivity index (χ0n) is 8.23. The van der Waals surface area contributed by atoms with E-state index in [1.807, 2.05) is 12.1 Å². The molecule has 0 saturated carbocycles. The molecule has 1 aromatic rings. The summed E-state index contributed by atoms with van der Waals surface area (Å²) in [5, 5.41) is 3.00. The van der Waals surface area contributed by atoms with Crippen LogP contribution in [0.1, 0.15) is 17.8 Å². The molecule has 2 unspecified atom stereocenters. The van der Waals surface area contributed by atoms with E-state index in [0.717, 1.165) is 8.66 Å². The highest BCUT2D eigenvalue weighted by atomic mass is 79.9. The molecular weight excluding hydrogens is 298 g/mol. The second-order valence-corrected chi connectivity index (χ2v) is 8.70. The summed E-state index contributed by atoms with van der Waals surface area (Å²) in [7, 11) is -2.92. The molecule has 84 valence electrons. The molecule has 15 heavy (non-hydrogen) atoms. The van der Waals surface area contributed by atoms with Crippen LogP contribution in [0.15, 0.2) is 15.9 Å². The van der Waals surface area contributed by atoms with Crippen LogP contribution in [0.25, 0.3) is 0 Å². The summed E-state index contributed by atoms with van der Waals surface area (Å²) in [6, 6.07) is 3.88. The van der Waals surface area contributed by atoms with Crippen molar-refractivity contribution in [3.63, 3.8) is 0 Å². The smallest absolute Gasteiger partial charge is 0.156 e. The number of hydrogen-bond acceptors (Lipinski definition) is 4. The normalized spacial score (nSPS) is 30.3. The number of halogens is 1. The Balaban J connectivity index is 2.20. The highest BCUT2D eigenvalue weighted by Crippen LogP contribution is 2.30. The second kappa shape index (κ2) is 4.16. The van der Waals surface area contributed by atoms with Gasteiger partial charge in [-0.2, -0.15) is 0 Å². The number of hydrogen-bond donors (Lipinski definition) is 1. The molecular formula is C9H12BrNO2S2. The van der Waals surface area contributed by atoms with Gasteiger partial charge in [-0.05, 0) is 35.0 Å². The van der Waals surface area contributed by atoms with Gasteiger partial charge in [0.1, 0.15) is 0 Å². The summed E-state index contributed by atoms with van der Waals surface area (Å²) in [6.45, 7) is 2.30. The molecule has 1 N–H and O–H groups in total. The minimum atomic E-state index is -2.92. The monoisotopic (exact) mass is 309 g/mol. The van der Waals surface area contributed by atoms with Crippen LogP contribution in [0, 0.1) is 0 Å². The molecule has 0 aliphatic carbocycles. The summed E-state index contributed by atoms with van der Waals surface area (Å²) in [5.74, 6) is 0.209. The Labute approximate surface area is 102 Å². The minimum absolute atomic E-state index is 0.0394. The highest BCUT2D eigenvalue weighted by molar-refractivity contribution is 9.11. The maximum atomic E-state index is 11.7. The number of rotatable bonds is 1. The Morgan fingerprint density at radius 1 is 1.53 bits per heavy atom. The molecule has 1 fully saturated rings. The minimum Gasteiger partial charge on any atom is -0.307 e. The van der Waals surface area contributed by atoms with Crippen LogP contribution < -0.4 is 5.32 Å². The van der Waals surface area contributed by atoms with E-state index in [2.05, 4.69) is 21.2 Å². The molecule has 0 aromatic carbocycles. The van der Waals surface area contributed by atoms with Gasteiger partial charge in [0.2, 0.25) is 0 Å². The molecule has 2 atom stereocenters. The third kappa shape index (κ3) is 2.43. The highest BCUT2D eigenvalue weighted by Gasteiger charge is 2.32. The molecule has 0 amide bonds. The lowest BCUT2D eigenvalue weighted by Crippen LogP contribution is -2.44. The number of thiophene rings is 1. The fourth-order valence-corrected chi connectivity index (χ4v) is 4.63. The Morgan fingerprint density at radius 2 is 2.27 bits per heavy atom. The van der Waals surface area contributed by atoms with Gasteiger partial charge in [0.25, 0.3) is 0 Å². The molecule has 0 spiro atoms. The Kier molecular flexibility index (Phi) is 3.21. The quantitative estimate of drug-likeness (QED) is 0.862. The van der Waals surface area contributed by atoms with Crippen molar-refractivity contribution in [3.8, 4) is 0 Å². The Hall–Kier alpha value is 0.0900. The van der Waals surface area contributed by atoms with Crippen molar-refractivity contribution in [1.29, 1.82) is 0 Å². The van der Waals surface area contributed by atoms with Gasteiger partial charge in [0.05, 0.1) is 20.8 Å². The largest absolute Gasteiger partial charge is 0.307 e. The zero-order valence-corrected chi connectivity index (χ0v) is 11.5. The third-order valence-electron chi connectivity index (χ3n) is 2.60. The van der Waals surface area contributed by atoms with E-state index in [0.29, 0.717) is 6.54 Å². The number of sulfone groups is 1. The lowest BCUT2D eigenvalue weighted by Gasteiger charge is -2.27. The van der Waals surface area contributed by atoms with E-state index in [1.54, 1.807) is 18.3 Å².